The van der Waals surface area contributed by atoms with Crippen LogP contribution >= 0.6 is 0 Å². The lowest BCUT2D eigenvalue weighted by atomic mass is 9.81. The summed E-state index contributed by atoms with van der Waals surface area (Å²) < 4.78 is 0. The van der Waals surface area contributed by atoms with Crippen LogP contribution in [0.2, 0.25) is 0 Å². The lowest BCUT2D eigenvalue weighted by Gasteiger charge is -2.44. The molecule has 3 nitrogen and oxygen atoms in total. The number of hydrogen-bond donors (Lipinski definition) is 1. The first-order valence-corrected chi connectivity index (χ1v) is 9.16. The second-order valence-electron chi connectivity index (χ2n) is 7.66. The molecule has 2 aliphatic heterocycles. The zero-order valence-electron chi connectivity index (χ0n) is 14.4. The van der Waals surface area contributed by atoms with Crippen LogP contribution in [-0.4, -0.2) is 27.7 Å². The summed E-state index contributed by atoms with van der Waals surface area (Å²) in [6.07, 6.45) is 4.66. The van der Waals surface area contributed by atoms with E-state index in [4.69, 9.17) is 5.26 Å². The maximum absolute atomic E-state index is 11.2. The molecule has 128 valence electrons. The predicted molar refractivity (Wildman–Crippen MR) is 97.8 cm³/mol. The standard InChI is InChI=1S/C22H24N2O/c23-15-19-8-4-7-18(11-19)12-22(25)13-20-9-10-21(14-22)24(20)16-17-5-2-1-3-6-17/h1-8,11,20-21,25H,9-10,12-14,16H2. The van der Waals surface area contributed by atoms with Gasteiger partial charge in [-0.05, 0) is 48.9 Å². The average Bonchev–Trinajstić information content (AvgIpc) is 2.87. The highest BCUT2D eigenvalue weighted by Gasteiger charge is 2.47. The van der Waals surface area contributed by atoms with Crippen molar-refractivity contribution in [3.63, 3.8) is 0 Å². The van der Waals surface area contributed by atoms with Gasteiger partial charge in [-0.3, -0.25) is 4.90 Å². The summed E-state index contributed by atoms with van der Waals surface area (Å²) in [6, 6.07) is 21.4. The van der Waals surface area contributed by atoms with E-state index >= 15 is 0 Å². The molecule has 3 heteroatoms. The van der Waals surface area contributed by atoms with Gasteiger partial charge in [-0.2, -0.15) is 5.26 Å². The van der Waals surface area contributed by atoms with E-state index in [0.29, 0.717) is 24.1 Å². The van der Waals surface area contributed by atoms with Crippen molar-refractivity contribution in [2.75, 3.05) is 0 Å². The maximum Gasteiger partial charge on any atom is 0.0991 e. The van der Waals surface area contributed by atoms with Gasteiger partial charge in [0, 0.05) is 25.0 Å². The SMILES string of the molecule is N#Cc1cccc(CC2(O)CC3CCC(C2)N3Cc2ccccc2)c1. The second kappa shape index (κ2) is 6.63. The summed E-state index contributed by atoms with van der Waals surface area (Å²) in [5, 5.41) is 20.3. The molecule has 2 bridgehead atoms. The van der Waals surface area contributed by atoms with E-state index in [1.165, 1.54) is 18.4 Å². The number of nitrogens with zero attached hydrogens (tertiary/aromatic N) is 2. The molecule has 0 saturated carbocycles. The number of rotatable bonds is 4. The molecule has 2 aromatic carbocycles. The fraction of sp³-hybridized carbons (Fsp3) is 0.409. The molecule has 0 aliphatic carbocycles. The minimum atomic E-state index is -0.646. The van der Waals surface area contributed by atoms with Crippen LogP contribution in [0, 0.1) is 11.3 Å². The third-order valence-electron chi connectivity index (χ3n) is 5.80. The number of fused-ring (bicyclic) bond motifs is 2. The number of aliphatic hydroxyl groups is 1. The predicted octanol–water partition coefficient (Wildman–Crippen LogP) is 3.66. The van der Waals surface area contributed by atoms with Crippen LogP contribution in [0.15, 0.2) is 54.6 Å². The van der Waals surface area contributed by atoms with Crippen molar-refractivity contribution >= 4 is 0 Å². The Hall–Kier alpha value is -2.15. The Morgan fingerprint density at radius 1 is 1.00 bits per heavy atom. The normalized spacial score (nSPS) is 28.6. The highest BCUT2D eigenvalue weighted by molar-refractivity contribution is 5.33. The molecule has 1 N–H and O–H groups in total. The van der Waals surface area contributed by atoms with Gasteiger partial charge in [0.25, 0.3) is 0 Å². The highest BCUT2D eigenvalue weighted by Crippen LogP contribution is 2.43. The first-order valence-electron chi connectivity index (χ1n) is 9.16. The van der Waals surface area contributed by atoms with Crippen molar-refractivity contribution in [1.29, 1.82) is 5.26 Å². The Morgan fingerprint density at radius 3 is 2.36 bits per heavy atom. The van der Waals surface area contributed by atoms with Crippen LogP contribution in [-0.2, 0) is 13.0 Å². The van der Waals surface area contributed by atoms with Crippen molar-refractivity contribution < 1.29 is 5.11 Å². The van der Waals surface area contributed by atoms with E-state index in [1.807, 2.05) is 24.3 Å². The number of nitriles is 1. The average molecular weight is 332 g/mol. The van der Waals surface area contributed by atoms with Gasteiger partial charge in [0.1, 0.15) is 0 Å². The van der Waals surface area contributed by atoms with Gasteiger partial charge < -0.3 is 5.11 Å². The molecule has 0 amide bonds. The molecule has 2 saturated heterocycles. The van der Waals surface area contributed by atoms with Crippen molar-refractivity contribution in [3.8, 4) is 6.07 Å². The third kappa shape index (κ3) is 3.46. The first-order chi connectivity index (χ1) is 12.1. The van der Waals surface area contributed by atoms with Gasteiger partial charge in [-0.15, -0.1) is 0 Å². The van der Waals surface area contributed by atoms with Crippen molar-refractivity contribution in [1.82, 2.24) is 4.90 Å². The number of piperidine rings is 1. The van der Waals surface area contributed by atoms with Crippen molar-refractivity contribution in [3.05, 3.63) is 71.3 Å². The fourth-order valence-corrected chi connectivity index (χ4v) is 4.74. The van der Waals surface area contributed by atoms with E-state index in [0.717, 1.165) is 24.9 Å². The highest BCUT2D eigenvalue weighted by atomic mass is 16.3. The van der Waals surface area contributed by atoms with Gasteiger partial charge in [-0.25, -0.2) is 0 Å². The van der Waals surface area contributed by atoms with Crippen LogP contribution in [0.3, 0.4) is 0 Å². The van der Waals surface area contributed by atoms with E-state index in [-0.39, 0.29) is 0 Å². The zero-order valence-corrected chi connectivity index (χ0v) is 14.4. The molecule has 2 unspecified atom stereocenters. The molecule has 0 aromatic heterocycles. The first kappa shape index (κ1) is 16.3. The van der Waals surface area contributed by atoms with E-state index < -0.39 is 5.60 Å². The molecule has 25 heavy (non-hydrogen) atoms. The second-order valence-corrected chi connectivity index (χ2v) is 7.66. The Balaban J connectivity index is 1.47. The topological polar surface area (TPSA) is 47.3 Å². The molecule has 4 rings (SSSR count). The molecule has 2 heterocycles. The number of benzene rings is 2. The minimum Gasteiger partial charge on any atom is -0.389 e. The number of hydrogen-bond acceptors (Lipinski definition) is 3. The molecule has 2 atom stereocenters. The smallest absolute Gasteiger partial charge is 0.0991 e. The lowest BCUT2D eigenvalue weighted by Crippen LogP contribution is -2.51. The van der Waals surface area contributed by atoms with E-state index in [2.05, 4.69) is 41.3 Å². The summed E-state index contributed by atoms with van der Waals surface area (Å²) in [5.74, 6) is 0. The largest absolute Gasteiger partial charge is 0.389 e. The van der Waals surface area contributed by atoms with Gasteiger partial charge in [-0.1, -0.05) is 42.5 Å². The van der Waals surface area contributed by atoms with Crippen molar-refractivity contribution in [2.24, 2.45) is 0 Å². The summed E-state index contributed by atoms with van der Waals surface area (Å²) in [7, 11) is 0. The van der Waals surface area contributed by atoms with Crippen LogP contribution < -0.4 is 0 Å². The summed E-state index contributed by atoms with van der Waals surface area (Å²) in [5.41, 5.74) is 2.45. The van der Waals surface area contributed by atoms with Gasteiger partial charge in [0.15, 0.2) is 0 Å². The summed E-state index contributed by atoms with van der Waals surface area (Å²) in [6.45, 7) is 0.982. The molecule has 2 aromatic rings. The Morgan fingerprint density at radius 2 is 1.68 bits per heavy atom. The van der Waals surface area contributed by atoms with Crippen LogP contribution in [0.4, 0.5) is 0 Å². The van der Waals surface area contributed by atoms with E-state index in [9.17, 15) is 5.11 Å². The monoisotopic (exact) mass is 332 g/mol. The third-order valence-corrected chi connectivity index (χ3v) is 5.80. The molecule has 0 radical (unpaired) electrons. The quantitative estimate of drug-likeness (QED) is 0.929. The van der Waals surface area contributed by atoms with Gasteiger partial charge >= 0.3 is 0 Å². The Bertz CT molecular complexity index is 766. The Kier molecular flexibility index (Phi) is 4.33. The van der Waals surface area contributed by atoms with E-state index in [1.54, 1.807) is 0 Å². The molecule has 2 aliphatic rings. The molecule has 2 fully saturated rings. The Labute approximate surface area is 149 Å². The maximum atomic E-state index is 11.2. The fourth-order valence-electron chi connectivity index (χ4n) is 4.74. The van der Waals surface area contributed by atoms with Crippen LogP contribution in [0.5, 0.6) is 0 Å². The van der Waals surface area contributed by atoms with Gasteiger partial charge in [0.05, 0.1) is 17.2 Å². The summed E-state index contributed by atoms with van der Waals surface area (Å²) >= 11 is 0. The van der Waals surface area contributed by atoms with Crippen molar-refractivity contribution in [2.45, 2.75) is 56.3 Å². The molecular formula is C22H24N2O. The zero-order chi connectivity index (χ0) is 17.3. The molecule has 0 spiro atoms. The van der Waals surface area contributed by atoms with Gasteiger partial charge in [0.2, 0.25) is 0 Å². The lowest BCUT2D eigenvalue weighted by molar-refractivity contribution is -0.0540. The summed E-state index contributed by atoms with van der Waals surface area (Å²) in [4.78, 5) is 2.59. The minimum absolute atomic E-state index is 0.461. The molecular weight excluding hydrogens is 308 g/mol. The van der Waals surface area contributed by atoms with Crippen LogP contribution in [0.25, 0.3) is 0 Å². The van der Waals surface area contributed by atoms with Crippen LogP contribution in [0.1, 0.15) is 42.4 Å².